The summed E-state index contributed by atoms with van der Waals surface area (Å²) < 4.78 is 5.83. The fourth-order valence-electron chi connectivity index (χ4n) is 2.73. The summed E-state index contributed by atoms with van der Waals surface area (Å²) in [6, 6.07) is 18.5. The third kappa shape index (κ3) is 4.80. The van der Waals surface area contributed by atoms with Gasteiger partial charge < -0.3 is 9.52 Å². The Kier molecular flexibility index (Phi) is 6.18. The second-order valence-electron chi connectivity index (χ2n) is 6.10. The maximum Gasteiger partial charge on any atom is 0.226 e. The van der Waals surface area contributed by atoms with Gasteiger partial charge in [0.1, 0.15) is 5.76 Å². The van der Waals surface area contributed by atoms with Gasteiger partial charge in [-0.05, 0) is 43.0 Å². The van der Waals surface area contributed by atoms with Gasteiger partial charge in [0.25, 0.3) is 0 Å². The van der Waals surface area contributed by atoms with E-state index in [0.29, 0.717) is 5.89 Å². The molecule has 0 saturated heterocycles. The molecule has 0 bridgehead atoms. The molecule has 0 saturated carbocycles. The number of aliphatic hydroxyl groups is 1. The molecule has 0 unspecified atom stereocenters. The lowest BCUT2D eigenvalue weighted by atomic mass is 10.1. The van der Waals surface area contributed by atoms with Gasteiger partial charge in [0.2, 0.25) is 5.89 Å². The molecule has 3 aromatic rings. The van der Waals surface area contributed by atoms with Crippen LogP contribution in [0.2, 0.25) is 0 Å². The van der Waals surface area contributed by atoms with Gasteiger partial charge in [-0.15, -0.1) is 0 Å². The summed E-state index contributed by atoms with van der Waals surface area (Å²) in [7, 11) is 0. The van der Waals surface area contributed by atoms with Crippen molar-refractivity contribution < 1.29 is 9.52 Å². The third-order valence-electron chi connectivity index (χ3n) is 4.18. The first-order chi connectivity index (χ1) is 12.8. The summed E-state index contributed by atoms with van der Waals surface area (Å²) in [5.74, 6) is 1.58. The minimum absolute atomic E-state index is 0.0662. The number of hydrogen-bond donors (Lipinski definition) is 1. The van der Waals surface area contributed by atoms with E-state index in [1.807, 2.05) is 55.5 Å². The number of benzene rings is 2. The molecule has 3 nitrogen and oxygen atoms in total. The smallest absolute Gasteiger partial charge is 0.226 e. The summed E-state index contributed by atoms with van der Waals surface area (Å²) >= 11 is 0. The van der Waals surface area contributed by atoms with Crippen LogP contribution in [0.3, 0.4) is 0 Å². The number of aliphatic hydroxyl groups excluding tert-OH is 1. The van der Waals surface area contributed by atoms with E-state index in [0.717, 1.165) is 35.4 Å². The molecule has 3 rings (SSSR count). The molecule has 1 aromatic heterocycles. The van der Waals surface area contributed by atoms with Crippen LogP contribution < -0.4 is 0 Å². The van der Waals surface area contributed by atoms with Crippen molar-refractivity contribution in [2.24, 2.45) is 0 Å². The Morgan fingerprint density at radius 3 is 2.46 bits per heavy atom. The fraction of sp³-hybridized carbons (Fsp3) is 0.174. The Bertz CT molecular complexity index is 874. The normalized spacial score (nSPS) is 11.6. The largest absolute Gasteiger partial charge is 0.441 e. The molecule has 0 spiro atoms. The van der Waals surface area contributed by atoms with Gasteiger partial charge >= 0.3 is 0 Å². The predicted octanol–water partition coefficient (Wildman–Crippen LogP) is 5.00. The van der Waals surface area contributed by atoms with Crippen LogP contribution in [0.25, 0.3) is 17.5 Å². The SMILES string of the molecule is Cc1oc(-c2ccccc2)nc1CCc1ccc(C=CC=CCO)cc1. The highest BCUT2D eigenvalue weighted by Gasteiger charge is 2.11. The molecular formula is C23H23NO2. The first-order valence-electron chi connectivity index (χ1n) is 8.81. The number of nitrogens with zero attached hydrogens (tertiary/aromatic N) is 1. The van der Waals surface area contributed by atoms with Crippen molar-refractivity contribution in [3.8, 4) is 11.5 Å². The van der Waals surface area contributed by atoms with Gasteiger partial charge in [-0.3, -0.25) is 0 Å². The highest BCUT2D eigenvalue weighted by Crippen LogP contribution is 2.22. The van der Waals surface area contributed by atoms with Crippen LogP contribution in [0.1, 0.15) is 22.6 Å². The number of oxazole rings is 1. The van der Waals surface area contributed by atoms with Crippen molar-refractivity contribution in [3.63, 3.8) is 0 Å². The maximum atomic E-state index is 8.71. The molecule has 26 heavy (non-hydrogen) atoms. The van der Waals surface area contributed by atoms with Crippen LogP contribution in [0.5, 0.6) is 0 Å². The number of aromatic nitrogens is 1. The quantitative estimate of drug-likeness (QED) is 0.613. The van der Waals surface area contributed by atoms with Gasteiger partial charge in [-0.25, -0.2) is 4.98 Å². The second-order valence-corrected chi connectivity index (χ2v) is 6.10. The molecule has 0 aliphatic carbocycles. The average molecular weight is 345 g/mol. The molecule has 132 valence electrons. The van der Waals surface area contributed by atoms with Crippen LogP contribution in [0, 0.1) is 6.92 Å². The molecule has 0 aliphatic rings. The molecule has 0 fully saturated rings. The molecule has 0 amide bonds. The Morgan fingerprint density at radius 1 is 0.962 bits per heavy atom. The molecular weight excluding hydrogens is 322 g/mol. The Hall–Kier alpha value is -2.91. The van der Waals surface area contributed by atoms with Gasteiger partial charge in [-0.2, -0.15) is 0 Å². The summed E-state index contributed by atoms with van der Waals surface area (Å²) in [6.45, 7) is 2.04. The Labute approximate surface area is 154 Å². The topological polar surface area (TPSA) is 46.3 Å². The van der Waals surface area contributed by atoms with E-state index in [-0.39, 0.29) is 6.61 Å². The van der Waals surface area contributed by atoms with Crippen LogP contribution in [-0.4, -0.2) is 16.7 Å². The summed E-state index contributed by atoms with van der Waals surface area (Å²) in [5, 5.41) is 8.71. The van der Waals surface area contributed by atoms with Crippen LogP contribution in [-0.2, 0) is 12.8 Å². The van der Waals surface area contributed by atoms with E-state index in [2.05, 4.69) is 29.2 Å². The molecule has 2 aromatic carbocycles. The van der Waals surface area contributed by atoms with Crippen molar-refractivity contribution in [3.05, 3.63) is 95.4 Å². The van der Waals surface area contributed by atoms with Gasteiger partial charge in [-0.1, -0.05) is 66.8 Å². The Morgan fingerprint density at radius 2 is 1.73 bits per heavy atom. The van der Waals surface area contributed by atoms with Crippen LogP contribution in [0.15, 0.2) is 77.2 Å². The fourth-order valence-corrected chi connectivity index (χ4v) is 2.73. The van der Waals surface area contributed by atoms with E-state index in [9.17, 15) is 0 Å². The van der Waals surface area contributed by atoms with Crippen molar-refractivity contribution in [2.45, 2.75) is 19.8 Å². The molecule has 1 heterocycles. The van der Waals surface area contributed by atoms with E-state index in [1.165, 1.54) is 5.56 Å². The Balaban J connectivity index is 1.61. The second kappa shape index (κ2) is 8.97. The first kappa shape index (κ1) is 17.9. The van der Waals surface area contributed by atoms with Crippen LogP contribution >= 0.6 is 0 Å². The minimum atomic E-state index is 0.0662. The highest BCUT2D eigenvalue weighted by molar-refractivity contribution is 5.53. The molecule has 0 radical (unpaired) electrons. The number of hydrogen-bond acceptors (Lipinski definition) is 3. The molecule has 3 heteroatoms. The standard InChI is InChI=1S/C23H23NO2/c1-18-22(24-23(26-18)21-9-5-2-6-10-21)16-15-20-13-11-19(12-14-20)8-4-3-7-17-25/h2-14,25H,15-17H2,1H3. The monoisotopic (exact) mass is 345 g/mol. The van der Waals surface area contributed by atoms with Crippen molar-refractivity contribution >= 4 is 6.08 Å². The van der Waals surface area contributed by atoms with Crippen molar-refractivity contribution in [1.82, 2.24) is 4.98 Å². The van der Waals surface area contributed by atoms with E-state index >= 15 is 0 Å². The zero-order valence-corrected chi connectivity index (χ0v) is 14.9. The summed E-state index contributed by atoms with van der Waals surface area (Å²) in [4.78, 5) is 4.66. The lowest BCUT2D eigenvalue weighted by molar-refractivity contribution is 0.343. The van der Waals surface area contributed by atoms with Gasteiger partial charge in [0, 0.05) is 5.56 Å². The molecule has 0 atom stereocenters. The number of aryl methyl sites for hydroxylation is 3. The molecule has 1 N–H and O–H groups in total. The minimum Gasteiger partial charge on any atom is -0.441 e. The lowest BCUT2D eigenvalue weighted by Crippen LogP contribution is -1.93. The average Bonchev–Trinajstić information content (AvgIpc) is 3.06. The molecule has 0 aliphatic heterocycles. The van der Waals surface area contributed by atoms with E-state index < -0.39 is 0 Å². The van der Waals surface area contributed by atoms with E-state index in [4.69, 9.17) is 9.52 Å². The van der Waals surface area contributed by atoms with Crippen molar-refractivity contribution in [2.75, 3.05) is 6.61 Å². The van der Waals surface area contributed by atoms with E-state index in [1.54, 1.807) is 6.08 Å². The van der Waals surface area contributed by atoms with Gasteiger partial charge in [0.15, 0.2) is 0 Å². The highest BCUT2D eigenvalue weighted by atomic mass is 16.4. The van der Waals surface area contributed by atoms with Gasteiger partial charge in [0.05, 0.1) is 12.3 Å². The van der Waals surface area contributed by atoms with Crippen LogP contribution in [0.4, 0.5) is 0 Å². The third-order valence-corrected chi connectivity index (χ3v) is 4.18. The number of allylic oxidation sites excluding steroid dienone is 2. The number of rotatable bonds is 7. The summed E-state index contributed by atoms with van der Waals surface area (Å²) in [6.07, 6.45) is 9.27. The van der Waals surface area contributed by atoms with Crippen molar-refractivity contribution in [1.29, 1.82) is 0 Å². The summed E-state index contributed by atoms with van der Waals surface area (Å²) in [5.41, 5.74) is 4.44. The first-order valence-corrected chi connectivity index (χ1v) is 8.81. The lowest BCUT2D eigenvalue weighted by Gasteiger charge is -2.01. The zero-order chi connectivity index (χ0) is 18.2. The predicted molar refractivity (Wildman–Crippen MR) is 106 cm³/mol. The maximum absolute atomic E-state index is 8.71. The zero-order valence-electron chi connectivity index (χ0n) is 14.9.